The number of para-hydroxylation sites is 1. The number of anilines is 1. The number of amides is 1. The molecule has 0 bridgehead atoms. The quantitative estimate of drug-likeness (QED) is 0.673. The van der Waals surface area contributed by atoms with Gasteiger partial charge in [-0.25, -0.2) is 9.97 Å². The maximum Gasteiger partial charge on any atom is 0.250 e. The van der Waals surface area contributed by atoms with Gasteiger partial charge >= 0.3 is 0 Å². The summed E-state index contributed by atoms with van der Waals surface area (Å²) in [7, 11) is 0. The molecule has 0 atom stereocenters. The van der Waals surface area contributed by atoms with E-state index >= 15 is 0 Å². The van der Waals surface area contributed by atoms with Crippen LogP contribution in [0.1, 0.15) is 16.8 Å². The van der Waals surface area contributed by atoms with Crippen molar-refractivity contribution in [2.24, 2.45) is 5.73 Å². The van der Waals surface area contributed by atoms with Gasteiger partial charge in [-0.3, -0.25) is 4.79 Å². The second-order valence-corrected chi connectivity index (χ2v) is 6.15. The maximum absolute atomic E-state index is 11.6. The van der Waals surface area contributed by atoms with Gasteiger partial charge in [-0.1, -0.05) is 6.07 Å². The number of aromatic amines is 1. The van der Waals surface area contributed by atoms with Crippen LogP contribution >= 0.6 is 0 Å². The van der Waals surface area contributed by atoms with Gasteiger partial charge in [-0.05, 0) is 37.2 Å². The zero-order valence-corrected chi connectivity index (χ0v) is 13.8. The number of nitrogens with zero attached hydrogens (tertiary/aromatic N) is 3. The minimum Gasteiger partial charge on any atom is -0.366 e. The minimum absolute atomic E-state index is 0.418. The Morgan fingerprint density at radius 2 is 2.08 bits per heavy atom. The Balaban J connectivity index is 1.65. The molecule has 0 aliphatic carbocycles. The van der Waals surface area contributed by atoms with Crippen LogP contribution in [0.5, 0.6) is 0 Å². The number of benzene rings is 1. The van der Waals surface area contributed by atoms with E-state index in [0.717, 1.165) is 49.5 Å². The van der Waals surface area contributed by atoms with Gasteiger partial charge in [-0.2, -0.15) is 0 Å². The number of rotatable bonds is 3. The third-order valence-corrected chi connectivity index (χ3v) is 4.46. The topological polar surface area (TPSA) is 99.9 Å². The number of carbonyl (C=O) groups is 1. The zero-order chi connectivity index (χ0) is 17.2. The largest absolute Gasteiger partial charge is 0.366 e. The molecule has 4 N–H and O–H groups in total. The number of nitrogens with two attached hydrogens (primary N) is 1. The molecule has 0 radical (unpaired) electrons. The highest BCUT2D eigenvalue weighted by Gasteiger charge is 2.14. The van der Waals surface area contributed by atoms with Crippen LogP contribution in [0.15, 0.2) is 36.5 Å². The standard InChI is InChI=1S/C18H20N6O/c19-17(25)13-3-1-4-14-16(13)23-18(22-14)12-5-6-15(21-11-12)24-9-2-7-20-8-10-24/h1,3-6,11,20H,2,7-10H2,(H2,19,25)(H,22,23). The monoisotopic (exact) mass is 336 g/mol. The van der Waals surface area contributed by atoms with Gasteiger partial charge in [0.25, 0.3) is 5.91 Å². The predicted molar refractivity (Wildman–Crippen MR) is 97.5 cm³/mol. The first kappa shape index (κ1) is 15.6. The highest BCUT2D eigenvalue weighted by molar-refractivity contribution is 6.04. The molecule has 0 spiro atoms. The van der Waals surface area contributed by atoms with Crippen LogP contribution in [-0.4, -0.2) is 47.0 Å². The molecular weight excluding hydrogens is 316 g/mol. The number of hydrogen-bond acceptors (Lipinski definition) is 5. The molecule has 1 amide bonds. The Morgan fingerprint density at radius 3 is 2.88 bits per heavy atom. The Kier molecular flexibility index (Phi) is 4.07. The lowest BCUT2D eigenvalue weighted by atomic mass is 10.2. The fourth-order valence-corrected chi connectivity index (χ4v) is 3.16. The van der Waals surface area contributed by atoms with Gasteiger partial charge in [0.05, 0.1) is 11.1 Å². The van der Waals surface area contributed by atoms with Crippen LogP contribution in [-0.2, 0) is 0 Å². The first-order chi connectivity index (χ1) is 12.2. The molecule has 1 aliphatic rings. The highest BCUT2D eigenvalue weighted by atomic mass is 16.1. The van der Waals surface area contributed by atoms with E-state index in [1.165, 1.54) is 0 Å². The van der Waals surface area contributed by atoms with E-state index in [-0.39, 0.29) is 0 Å². The molecule has 0 unspecified atom stereocenters. The van der Waals surface area contributed by atoms with Gasteiger partial charge < -0.3 is 20.9 Å². The number of carbonyl (C=O) groups excluding carboxylic acids is 1. The van der Waals surface area contributed by atoms with Gasteiger partial charge in [0.15, 0.2) is 0 Å². The Hall–Kier alpha value is -2.93. The van der Waals surface area contributed by atoms with Crippen molar-refractivity contribution < 1.29 is 4.79 Å². The van der Waals surface area contributed by atoms with Crippen molar-refractivity contribution in [2.75, 3.05) is 31.1 Å². The fourth-order valence-electron chi connectivity index (χ4n) is 3.16. The van der Waals surface area contributed by atoms with Crippen molar-refractivity contribution in [1.29, 1.82) is 0 Å². The first-order valence-corrected chi connectivity index (χ1v) is 8.43. The van der Waals surface area contributed by atoms with Crippen molar-refractivity contribution in [3.05, 3.63) is 42.1 Å². The number of hydrogen-bond donors (Lipinski definition) is 3. The van der Waals surface area contributed by atoms with Crippen LogP contribution in [0.3, 0.4) is 0 Å². The van der Waals surface area contributed by atoms with Gasteiger partial charge in [0.2, 0.25) is 0 Å². The summed E-state index contributed by atoms with van der Waals surface area (Å²) in [6.07, 6.45) is 2.93. The summed E-state index contributed by atoms with van der Waals surface area (Å²) in [5.41, 5.74) is 8.10. The molecule has 0 saturated carbocycles. The molecular formula is C18H20N6O. The number of fused-ring (bicyclic) bond motifs is 1. The van der Waals surface area contributed by atoms with Crippen molar-refractivity contribution in [3.8, 4) is 11.4 Å². The van der Waals surface area contributed by atoms with Crippen molar-refractivity contribution in [2.45, 2.75) is 6.42 Å². The van der Waals surface area contributed by atoms with E-state index in [9.17, 15) is 4.79 Å². The average Bonchev–Trinajstić information content (AvgIpc) is 2.88. The van der Waals surface area contributed by atoms with Gasteiger partial charge in [-0.15, -0.1) is 0 Å². The Labute approximate surface area is 145 Å². The molecule has 1 fully saturated rings. The predicted octanol–water partition coefficient (Wildman–Crippen LogP) is 1.52. The third kappa shape index (κ3) is 3.06. The lowest BCUT2D eigenvalue weighted by molar-refractivity contribution is 0.100. The summed E-state index contributed by atoms with van der Waals surface area (Å²) >= 11 is 0. The number of primary amides is 1. The maximum atomic E-state index is 11.6. The number of imidazole rings is 1. The summed E-state index contributed by atoms with van der Waals surface area (Å²) < 4.78 is 0. The van der Waals surface area contributed by atoms with Crippen LogP contribution in [0, 0.1) is 0 Å². The number of H-pyrrole nitrogens is 1. The van der Waals surface area contributed by atoms with Crippen molar-refractivity contribution >= 4 is 22.8 Å². The van der Waals surface area contributed by atoms with Crippen molar-refractivity contribution in [1.82, 2.24) is 20.3 Å². The normalized spacial score (nSPS) is 15.3. The first-order valence-electron chi connectivity index (χ1n) is 8.43. The fraction of sp³-hybridized carbons (Fsp3) is 0.278. The molecule has 3 aromatic rings. The summed E-state index contributed by atoms with van der Waals surface area (Å²) in [5, 5.41) is 3.39. The second kappa shape index (κ2) is 6.52. The van der Waals surface area contributed by atoms with Crippen LogP contribution in [0.2, 0.25) is 0 Å². The molecule has 7 heteroatoms. The molecule has 2 aromatic heterocycles. The summed E-state index contributed by atoms with van der Waals surface area (Å²) in [5.74, 6) is 1.17. The van der Waals surface area contributed by atoms with E-state index in [1.54, 1.807) is 12.1 Å². The summed E-state index contributed by atoms with van der Waals surface area (Å²) in [6, 6.07) is 9.37. The lowest BCUT2D eigenvalue weighted by Gasteiger charge is -2.20. The molecule has 128 valence electrons. The molecule has 7 nitrogen and oxygen atoms in total. The molecule has 1 aromatic carbocycles. The van der Waals surface area contributed by atoms with Gasteiger partial charge in [0.1, 0.15) is 17.2 Å². The Morgan fingerprint density at radius 1 is 1.16 bits per heavy atom. The second-order valence-electron chi connectivity index (χ2n) is 6.15. The van der Waals surface area contributed by atoms with Gasteiger partial charge in [0, 0.05) is 31.4 Å². The Bertz CT molecular complexity index is 894. The van der Waals surface area contributed by atoms with E-state index in [2.05, 4.69) is 25.2 Å². The summed E-state index contributed by atoms with van der Waals surface area (Å²) in [4.78, 5) is 26.2. The SMILES string of the molecule is NC(=O)c1cccc2[nH]c(-c3ccc(N4CCCNCC4)nc3)nc12. The van der Waals surface area contributed by atoms with E-state index in [0.29, 0.717) is 16.9 Å². The number of aromatic nitrogens is 3. The lowest BCUT2D eigenvalue weighted by Crippen LogP contribution is -2.28. The molecule has 4 rings (SSSR count). The molecule has 1 saturated heterocycles. The van der Waals surface area contributed by atoms with E-state index < -0.39 is 5.91 Å². The molecule has 1 aliphatic heterocycles. The smallest absolute Gasteiger partial charge is 0.250 e. The van der Waals surface area contributed by atoms with E-state index in [1.807, 2.05) is 24.4 Å². The summed E-state index contributed by atoms with van der Waals surface area (Å²) in [6.45, 7) is 3.99. The minimum atomic E-state index is -0.480. The third-order valence-electron chi connectivity index (χ3n) is 4.46. The number of pyridine rings is 1. The van der Waals surface area contributed by atoms with E-state index in [4.69, 9.17) is 5.73 Å². The highest BCUT2D eigenvalue weighted by Crippen LogP contribution is 2.23. The molecule has 3 heterocycles. The van der Waals surface area contributed by atoms with Crippen LogP contribution in [0.25, 0.3) is 22.4 Å². The van der Waals surface area contributed by atoms with Crippen LogP contribution in [0.4, 0.5) is 5.82 Å². The molecule has 25 heavy (non-hydrogen) atoms. The van der Waals surface area contributed by atoms with Crippen LogP contribution < -0.4 is 16.0 Å². The van der Waals surface area contributed by atoms with Crippen molar-refractivity contribution in [3.63, 3.8) is 0 Å². The number of nitrogens with one attached hydrogen (secondary N) is 2. The zero-order valence-electron chi connectivity index (χ0n) is 13.8. The average molecular weight is 336 g/mol.